The molecule has 1 heterocycles. The Labute approximate surface area is 85.6 Å². The van der Waals surface area contributed by atoms with E-state index in [4.69, 9.17) is 0 Å². The van der Waals surface area contributed by atoms with Crippen LogP contribution >= 0.6 is 0 Å². The molecular formula is C11H20N2O. The molecule has 80 valence electrons. The highest BCUT2D eigenvalue weighted by Crippen LogP contribution is 2.37. The normalized spacial score (nSPS) is 30.5. The monoisotopic (exact) mass is 196 g/mol. The Morgan fingerprint density at radius 3 is 2.71 bits per heavy atom. The third kappa shape index (κ3) is 1.92. The molecule has 2 rings (SSSR count). The second-order valence-electron chi connectivity index (χ2n) is 4.93. The second kappa shape index (κ2) is 3.89. The Bertz CT molecular complexity index is 215. The summed E-state index contributed by atoms with van der Waals surface area (Å²) in [4.78, 5) is 12.0. The number of hydrogen-bond acceptors (Lipinski definition) is 2. The predicted octanol–water partition coefficient (Wildman–Crippen LogP) is 1.04. The quantitative estimate of drug-likeness (QED) is 0.693. The lowest BCUT2D eigenvalue weighted by Gasteiger charge is -2.24. The summed E-state index contributed by atoms with van der Waals surface area (Å²) in [6.45, 7) is 4.10. The van der Waals surface area contributed by atoms with Crippen LogP contribution in [0.1, 0.15) is 39.0 Å². The fraction of sp³-hybridized carbons (Fsp3) is 0.909. The van der Waals surface area contributed by atoms with Gasteiger partial charge in [-0.2, -0.15) is 0 Å². The maximum absolute atomic E-state index is 12.0. The lowest BCUT2D eigenvalue weighted by atomic mass is 9.87. The molecule has 14 heavy (non-hydrogen) atoms. The molecule has 1 amide bonds. The Kier molecular flexibility index (Phi) is 2.77. The third-order valence-corrected chi connectivity index (χ3v) is 3.65. The maximum atomic E-state index is 12.0. The summed E-state index contributed by atoms with van der Waals surface area (Å²) in [7, 11) is 0. The summed E-state index contributed by atoms with van der Waals surface area (Å²) in [5, 5.41) is 6.43. The zero-order valence-electron chi connectivity index (χ0n) is 8.94. The molecule has 0 bridgehead atoms. The Balaban J connectivity index is 1.87. The first kappa shape index (κ1) is 9.97. The minimum absolute atomic E-state index is 0.0669. The minimum atomic E-state index is -0.0669. The molecule has 1 saturated carbocycles. The van der Waals surface area contributed by atoms with Crippen LogP contribution in [0.2, 0.25) is 0 Å². The molecular weight excluding hydrogens is 176 g/mol. The van der Waals surface area contributed by atoms with E-state index in [1.165, 1.54) is 12.8 Å². The molecule has 1 aliphatic heterocycles. The first-order valence-electron chi connectivity index (χ1n) is 5.72. The van der Waals surface area contributed by atoms with E-state index in [2.05, 4.69) is 17.6 Å². The average molecular weight is 196 g/mol. The molecule has 2 aliphatic rings. The zero-order valence-corrected chi connectivity index (χ0v) is 8.94. The van der Waals surface area contributed by atoms with Crippen LogP contribution in [0.4, 0.5) is 0 Å². The van der Waals surface area contributed by atoms with Gasteiger partial charge in [0.15, 0.2) is 0 Å². The number of carbonyl (C=O) groups is 1. The zero-order chi connectivity index (χ0) is 10.0. The molecule has 0 aromatic heterocycles. The van der Waals surface area contributed by atoms with Gasteiger partial charge in [0.2, 0.25) is 5.91 Å². The van der Waals surface area contributed by atoms with Gasteiger partial charge in [-0.15, -0.1) is 0 Å². The van der Waals surface area contributed by atoms with E-state index in [9.17, 15) is 4.79 Å². The summed E-state index contributed by atoms with van der Waals surface area (Å²) in [5.74, 6) is 0.281. The Hall–Kier alpha value is -0.570. The van der Waals surface area contributed by atoms with Crippen molar-refractivity contribution in [2.75, 3.05) is 13.1 Å². The molecule has 1 aliphatic carbocycles. The topological polar surface area (TPSA) is 41.1 Å². The predicted molar refractivity (Wildman–Crippen MR) is 56.0 cm³/mol. The first-order valence-corrected chi connectivity index (χ1v) is 5.72. The summed E-state index contributed by atoms with van der Waals surface area (Å²) < 4.78 is 0. The first-order chi connectivity index (χ1) is 6.71. The minimum Gasteiger partial charge on any atom is -0.352 e. The number of nitrogens with one attached hydrogen (secondary N) is 2. The van der Waals surface area contributed by atoms with Crippen LogP contribution in [0.25, 0.3) is 0 Å². The molecule has 2 fully saturated rings. The van der Waals surface area contributed by atoms with Gasteiger partial charge in [0.1, 0.15) is 0 Å². The van der Waals surface area contributed by atoms with Gasteiger partial charge in [-0.25, -0.2) is 0 Å². The molecule has 0 spiro atoms. The van der Waals surface area contributed by atoms with Crippen LogP contribution in [0.15, 0.2) is 0 Å². The smallest absolute Gasteiger partial charge is 0.226 e. The van der Waals surface area contributed by atoms with E-state index < -0.39 is 0 Å². The largest absolute Gasteiger partial charge is 0.352 e. The lowest BCUT2D eigenvalue weighted by molar-refractivity contribution is -0.130. The van der Waals surface area contributed by atoms with E-state index in [1.54, 1.807) is 0 Å². The SMILES string of the molecule is CC1(C(=O)NC2CCNC2)CCCC1. The molecule has 0 radical (unpaired) electrons. The van der Waals surface area contributed by atoms with Crippen molar-refractivity contribution in [1.82, 2.24) is 10.6 Å². The van der Waals surface area contributed by atoms with Crippen LogP contribution < -0.4 is 10.6 Å². The average Bonchev–Trinajstić information content (AvgIpc) is 2.76. The van der Waals surface area contributed by atoms with Gasteiger partial charge in [-0.1, -0.05) is 19.8 Å². The number of hydrogen-bond donors (Lipinski definition) is 2. The van der Waals surface area contributed by atoms with Crippen molar-refractivity contribution < 1.29 is 4.79 Å². The van der Waals surface area contributed by atoms with Gasteiger partial charge >= 0.3 is 0 Å². The maximum Gasteiger partial charge on any atom is 0.226 e. The van der Waals surface area contributed by atoms with Gasteiger partial charge in [0, 0.05) is 18.0 Å². The van der Waals surface area contributed by atoms with Crippen molar-refractivity contribution in [2.24, 2.45) is 5.41 Å². The number of carbonyl (C=O) groups excluding carboxylic acids is 1. The Morgan fingerprint density at radius 2 is 2.14 bits per heavy atom. The molecule has 1 atom stereocenters. The highest BCUT2D eigenvalue weighted by molar-refractivity contribution is 5.82. The van der Waals surface area contributed by atoms with Gasteiger partial charge in [0.25, 0.3) is 0 Å². The summed E-state index contributed by atoms with van der Waals surface area (Å²) >= 11 is 0. The van der Waals surface area contributed by atoms with Crippen LogP contribution in [0.3, 0.4) is 0 Å². The standard InChI is InChI=1S/C11H20N2O/c1-11(5-2-3-6-11)10(14)13-9-4-7-12-8-9/h9,12H,2-8H2,1H3,(H,13,14). The van der Waals surface area contributed by atoms with E-state index in [0.29, 0.717) is 6.04 Å². The summed E-state index contributed by atoms with van der Waals surface area (Å²) in [5.41, 5.74) is -0.0669. The van der Waals surface area contributed by atoms with Crippen molar-refractivity contribution in [2.45, 2.75) is 45.1 Å². The molecule has 2 N–H and O–H groups in total. The summed E-state index contributed by atoms with van der Waals surface area (Å²) in [6, 6.07) is 0.375. The molecule has 3 nitrogen and oxygen atoms in total. The highest BCUT2D eigenvalue weighted by atomic mass is 16.2. The van der Waals surface area contributed by atoms with Gasteiger partial charge in [-0.05, 0) is 25.8 Å². The van der Waals surface area contributed by atoms with Crippen LogP contribution in [0, 0.1) is 5.41 Å². The van der Waals surface area contributed by atoms with Gasteiger partial charge in [0.05, 0.1) is 0 Å². The molecule has 1 unspecified atom stereocenters. The number of amides is 1. The lowest BCUT2D eigenvalue weighted by Crippen LogP contribution is -2.43. The third-order valence-electron chi connectivity index (χ3n) is 3.65. The van der Waals surface area contributed by atoms with Crippen LogP contribution in [0.5, 0.6) is 0 Å². The van der Waals surface area contributed by atoms with E-state index in [-0.39, 0.29) is 11.3 Å². The number of rotatable bonds is 2. The molecule has 3 heteroatoms. The van der Waals surface area contributed by atoms with Crippen molar-refractivity contribution >= 4 is 5.91 Å². The van der Waals surface area contributed by atoms with Crippen molar-refractivity contribution in [3.05, 3.63) is 0 Å². The molecule has 0 aromatic carbocycles. The highest BCUT2D eigenvalue weighted by Gasteiger charge is 2.37. The van der Waals surface area contributed by atoms with E-state index in [0.717, 1.165) is 32.4 Å². The fourth-order valence-corrected chi connectivity index (χ4v) is 2.52. The molecule has 0 aromatic rings. The van der Waals surface area contributed by atoms with Crippen molar-refractivity contribution in [3.63, 3.8) is 0 Å². The van der Waals surface area contributed by atoms with Gasteiger partial charge in [-0.3, -0.25) is 4.79 Å². The van der Waals surface area contributed by atoms with Crippen LogP contribution in [-0.4, -0.2) is 25.0 Å². The van der Waals surface area contributed by atoms with E-state index >= 15 is 0 Å². The van der Waals surface area contributed by atoms with Crippen LogP contribution in [-0.2, 0) is 4.79 Å². The Morgan fingerprint density at radius 1 is 1.43 bits per heavy atom. The van der Waals surface area contributed by atoms with Gasteiger partial charge < -0.3 is 10.6 Å². The van der Waals surface area contributed by atoms with Crippen molar-refractivity contribution in [1.29, 1.82) is 0 Å². The second-order valence-corrected chi connectivity index (χ2v) is 4.93. The summed E-state index contributed by atoms with van der Waals surface area (Å²) in [6.07, 6.45) is 5.65. The van der Waals surface area contributed by atoms with E-state index in [1.807, 2.05) is 0 Å². The fourth-order valence-electron chi connectivity index (χ4n) is 2.52. The molecule has 1 saturated heterocycles. The van der Waals surface area contributed by atoms with Crippen molar-refractivity contribution in [3.8, 4) is 0 Å².